The van der Waals surface area contributed by atoms with Gasteiger partial charge in [0.05, 0.1) is 12.1 Å². The molecule has 0 atom stereocenters. The van der Waals surface area contributed by atoms with Crippen molar-refractivity contribution in [1.82, 2.24) is 4.72 Å². The lowest BCUT2D eigenvalue weighted by atomic mass is 9.93. The molecule has 1 heterocycles. The summed E-state index contributed by atoms with van der Waals surface area (Å²) in [5.41, 5.74) is 4.00. The number of aliphatic hydroxyl groups excluding tert-OH is 1. The molecule has 9 heteroatoms. The highest BCUT2D eigenvalue weighted by Gasteiger charge is 2.37. The van der Waals surface area contributed by atoms with E-state index in [1.54, 1.807) is 0 Å². The molecule has 4 N–H and O–H groups in total. The Bertz CT molecular complexity index is 630. The Labute approximate surface area is 121 Å². The normalized spacial score (nSPS) is 18.6. The van der Waals surface area contributed by atoms with Gasteiger partial charge in [0.2, 0.25) is 10.0 Å². The zero-order chi connectivity index (χ0) is 15.7. The van der Waals surface area contributed by atoms with Gasteiger partial charge in [0.1, 0.15) is 4.90 Å². The molecule has 0 spiro atoms. The summed E-state index contributed by atoms with van der Waals surface area (Å²) >= 11 is 0. The average Bonchev–Trinajstić information content (AvgIpc) is 2.43. The van der Waals surface area contributed by atoms with Crippen molar-refractivity contribution in [3.8, 4) is 0 Å². The van der Waals surface area contributed by atoms with Crippen molar-refractivity contribution in [2.75, 3.05) is 25.6 Å². The molecule has 1 aliphatic heterocycles. The van der Waals surface area contributed by atoms with Crippen LogP contribution in [0.3, 0.4) is 0 Å². The van der Waals surface area contributed by atoms with Crippen LogP contribution in [0.2, 0.25) is 0 Å². The molecule has 1 aromatic rings. The van der Waals surface area contributed by atoms with E-state index in [0.717, 1.165) is 6.07 Å². The molecule has 2 rings (SSSR count). The third-order valence-corrected chi connectivity index (χ3v) is 4.99. The van der Waals surface area contributed by atoms with E-state index in [4.69, 9.17) is 10.5 Å². The maximum absolute atomic E-state index is 13.7. The molecule has 1 saturated heterocycles. The van der Waals surface area contributed by atoms with Gasteiger partial charge in [0.25, 0.3) is 0 Å². The predicted molar refractivity (Wildman–Crippen MR) is 71.0 cm³/mol. The summed E-state index contributed by atoms with van der Waals surface area (Å²) in [4.78, 5) is -0.876. The van der Waals surface area contributed by atoms with Gasteiger partial charge in [-0.3, -0.25) is 0 Å². The smallest absolute Gasteiger partial charge is 0.244 e. The van der Waals surface area contributed by atoms with Crippen LogP contribution >= 0.6 is 0 Å². The Kier molecular flexibility index (Phi) is 4.47. The third-order valence-electron chi connectivity index (χ3n) is 3.41. The topological polar surface area (TPSA) is 102 Å². The van der Waals surface area contributed by atoms with Crippen LogP contribution in [0, 0.1) is 11.6 Å². The minimum atomic E-state index is -4.37. The van der Waals surface area contributed by atoms with Gasteiger partial charge in [-0.25, -0.2) is 21.9 Å². The van der Waals surface area contributed by atoms with Gasteiger partial charge in [-0.15, -0.1) is 0 Å². The number of ether oxygens (including phenoxy) is 1. The number of nitrogens with two attached hydrogens (primary N) is 1. The molecule has 1 aliphatic rings. The number of sulfonamides is 1. The van der Waals surface area contributed by atoms with Crippen molar-refractivity contribution in [2.45, 2.75) is 23.3 Å². The van der Waals surface area contributed by atoms with Gasteiger partial charge in [-0.1, -0.05) is 0 Å². The molecule has 21 heavy (non-hydrogen) atoms. The van der Waals surface area contributed by atoms with Crippen molar-refractivity contribution in [3.63, 3.8) is 0 Å². The Hall–Kier alpha value is -1.29. The highest BCUT2D eigenvalue weighted by atomic mass is 32.2. The molecular formula is C12H16F2N2O4S. The van der Waals surface area contributed by atoms with Crippen molar-refractivity contribution < 1.29 is 27.0 Å². The number of hydrogen-bond acceptors (Lipinski definition) is 5. The van der Waals surface area contributed by atoms with Crippen LogP contribution in [0.1, 0.15) is 12.8 Å². The lowest BCUT2D eigenvalue weighted by Crippen LogP contribution is -2.54. The van der Waals surface area contributed by atoms with E-state index >= 15 is 0 Å². The Balaban J connectivity index is 2.38. The Morgan fingerprint density at radius 2 is 1.95 bits per heavy atom. The average molecular weight is 322 g/mol. The van der Waals surface area contributed by atoms with Gasteiger partial charge in [0.15, 0.2) is 11.6 Å². The van der Waals surface area contributed by atoms with Crippen LogP contribution in [0.25, 0.3) is 0 Å². The number of nitrogens with one attached hydrogen (secondary N) is 1. The molecule has 0 saturated carbocycles. The molecular weight excluding hydrogens is 306 g/mol. The second-order valence-corrected chi connectivity index (χ2v) is 6.62. The molecule has 1 aromatic carbocycles. The van der Waals surface area contributed by atoms with Crippen LogP contribution in [-0.4, -0.2) is 38.9 Å². The fraction of sp³-hybridized carbons (Fsp3) is 0.500. The van der Waals surface area contributed by atoms with Crippen molar-refractivity contribution >= 4 is 15.7 Å². The summed E-state index contributed by atoms with van der Waals surface area (Å²) in [5.74, 6) is -2.85. The Morgan fingerprint density at radius 3 is 2.52 bits per heavy atom. The molecule has 0 aliphatic carbocycles. The number of nitrogen functional groups attached to an aromatic ring is 1. The molecule has 118 valence electrons. The zero-order valence-corrected chi connectivity index (χ0v) is 11.9. The van der Waals surface area contributed by atoms with E-state index in [2.05, 4.69) is 4.72 Å². The van der Waals surface area contributed by atoms with Crippen LogP contribution in [0.15, 0.2) is 17.0 Å². The van der Waals surface area contributed by atoms with E-state index in [0.29, 0.717) is 6.07 Å². The van der Waals surface area contributed by atoms with E-state index < -0.39 is 38.7 Å². The van der Waals surface area contributed by atoms with Gasteiger partial charge in [-0.05, 0) is 25.0 Å². The second-order valence-electron chi connectivity index (χ2n) is 4.97. The van der Waals surface area contributed by atoms with Gasteiger partial charge >= 0.3 is 0 Å². The summed E-state index contributed by atoms with van der Waals surface area (Å²) in [6, 6.07) is 1.54. The van der Waals surface area contributed by atoms with Crippen LogP contribution in [0.4, 0.5) is 14.5 Å². The highest BCUT2D eigenvalue weighted by molar-refractivity contribution is 7.89. The van der Waals surface area contributed by atoms with E-state index in [1.165, 1.54) is 0 Å². The molecule has 0 amide bonds. The van der Waals surface area contributed by atoms with Crippen LogP contribution in [0.5, 0.6) is 0 Å². The van der Waals surface area contributed by atoms with E-state index in [-0.39, 0.29) is 31.7 Å². The SMILES string of the molecule is Nc1cc(F)c(F)c(S(=O)(=O)NC2(CO)CCOCC2)c1. The molecule has 0 unspecified atom stereocenters. The number of halogens is 2. The first-order valence-corrected chi connectivity index (χ1v) is 7.75. The van der Waals surface area contributed by atoms with Gasteiger partial charge < -0.3 is 15.6 Å². The summed E-state index contributed by atoms with van der Waals surface area (Å²) in [7, 11) is -4.37. The minimum Gasteiger partial charge on any atom is -0.399 e. The zero-order valence-electron chi connectivity index (χ0n) is 11.1. The van der Waals surface area contributed by atoms with Crippen LogP contribution < -0.4 is 10.5 Å². The molecule has 0 aromatic heterocycles. The monoisotopic (exact) mass is 322 g/mol. The highest BCUT2D eigenvalue weighted by Crippen LogP contribution is 2.26. The van der Waals surface area contributed by atoms with E-state index in [1.807, 2.05) is 0 Å². The summed E-state index contributed by atoms with van der Waals surface area (Å²) < 4.78 is 58.9. The first kappa shape index (κ1) is 16.1. The second kappa shape index (κ2) is 5.84. The molecule has 0 bridgehead atoms. The fourth-order valence-corrected chi connectivity index (χ4v) is 3.75. The Morgan fingerprint density at radius 1 is 1.33 bits per heavy atom. The van der Waals surface area contributed by atoms with Crippen molar-refractivity contribution in [3.05, 3.63) is 23.8 Å². The number of hydrogen-bond donors (Lipinski definition) is 3. The van der Waals surface area contributed by atoms with Crippen molar-refractivity contribution in [1.29, 1.82) is 0 Å². The number of anilines is 1. The quantitative estimate of drug-likeness (QED) is 0.695. The number of benzene rings is 1. The largest absolute Gasteiger partial charge is 0.399 e. The van der Waals surface area contributed by atoms with Crippen LogP contribution in [-0.2, 0) is 14.8 Å². The fourth-order valence-electron chi connectivity index (χ4n) is 2.17. The first-order chi connectivity index (χ1) is 9.80. The number of aliphatic hydroxyl groups is 1. The predicted octanol–water partition coefficient (Wildman–Crippen LogP) is 0.367. The molecule has 6 nitrogen and oxygen atoms in total. The third kappa shape index (κ3) is 3.31. The summed E-state index contributed by atoms with van der Waals surface area (Å²) in [6.07, 6.45) is 0.463. The lowest BCUT2D eigenvalue weighted by Gasteiger charge is -2.35. The number of rotatable bonds is 4. The lowest BCUT2D eigenvalue weighted by molar-refractivity contribution is 0.0222. The van der Waals surface area contributed by atoms with Gasteiger partial charge in [0, 0.05) is 18.9 Å². The molecule has 1 fully saturated rings. The summed E-state index contributed by atoms with van der Waals surface area (Å²) in [5, 5.41) is 9.46. The maximum atomic E-state index is 13.7. The van der Waals surface area contributed by atoms with Gasteiger partial charge in [-0.2, -0.15) is 0 Å². The summed E-state index contributed by atoms with van der Waals surface area (Å²) in [6.45, 7) is 0.0513. The van der Waals surface area contributed by atoms with Crippen molar-refractivity contribution in [2.24, 2.45) is 0 Å². The minimum absolute atomic E-state index is 0.209. The van der Waals surface area contributed by atoms with E-state index in [9.17, 15) is 22.3 Å². The standard InChI is InChI=1S/C12H16F2N2O4S/c13-9-5-8(15)6-10(11(9)14)21(18,19)16-12(7-17)1-3-20-4-2-12/h5-6,16-17H,1-4,7,15H2. The maximum Gasteiger partial charge on any atom is 0.244 e. The first-order valence-electron chi connectivity index (χ1n) is 6.27. The molecule has 0 radical (unpaired) electrons.